The fraction of sp³-hybridized carbons (Fsp3) is 0.455. The molecule has 0 aromatic heterocycles. The van der Waals surface area contributed by atoms with Gasteiger partial charge in [0.2, 0.25) is 0 Å². The second kappa shape index (κ2) is 4.84. The molecule has 0 amide bonds. The molecule has 1 aromatic carbocycles. The summed E-state index contributed by atoms with van der Waals surface area (Å²) in [6, 6.07) is 2.89. The average Bonchev–Trinajstić information content (AvgIpc) is 2.18. The third-order valence-electron chi connectivity index (χ3n) is 2.36. The minimum absolute atomic E-state index is 0.243. The van der Waals surface area contributed by atoms with Crippen LogP contribution in [0, 0.1) is 5.82 Å². The van der Waals surface area contributed by atoms with E-state index in [4.69, 9.17) is 11.5 Å². The minimum atomic E-state index is -0.243. The van der Waals surface area contributed by atoms with Gasteiger partial charge in [-0.05, 0) is 25.0 Å². The lowest BCUT2D eigenvalue weighted by Crippen LogP contribution is -2.02. The molecule has 2 nitrogen and oxygen atoms in total. The molecule has 0 aliphatic heterocycles. The number of nitrogens with two attached hydrogens (primary N) is 2. The molecule has 0 atom stereocenters. The molecule has 78 valence electrons. The van der Waals surface area contributed by atoms with Crippen LogP contribution >= 0.6 is 0 Å². The Balaban J connectivity index is 2.79. The van der Waals surface area contributed by atoms with Gasteiger partial charge < -0.3 is 11.5 Å². The first-order valence-electron chi connectivity index (χ1n) is 4.99. The van der Waals surface area contributed by atoms with E-state index in [9.17, 15) is 4.39 Å². The van der Waals surface area contributed by atoms with Crippen molar-refractivity contribution in [3.8, 4) is 0 Å². The monoisotopic (exact) mass is 196 g/mol. The van der Waals surface area contributed by atoms with Gasteiger partial charge >= 0.3 is 0 Å². The lowest BCUT2D eigenvalue weighted by molar-refractivity contribution is 0.600. The van der Waals surface area contributed by atoms with Crippen molar-refractivity contribution in [1.29, 1.82) is 0 Å². The van der Waals surface area contributed by atoms with Crippen LogP contribution in [0.1, 0.15) is 31.7 Å². The zero-order chi connectivity index (χ0) is 10.6. The van der Waals surface area contributed by atoms with Crippen LogP contribution in [0.4, 0.5) is 15.8 Å². The largest absolute Gasteiger partial charge is 0.397 e. The normalized spacial score (nSPS) is 10.4. The Kier molecular flexibility index (Phi) is 3.74. The Morgan fingerprint density at radius 3 is 2.57 bits per heavy atom. The van der Waals surface area contributed by atoms with Gasteiger partial charge in [-0.15, -0.1) is 0 Å². The van der Waals surface area contributed by atoms with Crippen molar-refractivity contribution in [2.75, 3.05) is 11.5 Å². The summed E-state index contributed by atoms with van der Waals surface area (Å²) in [7, 11) is 0. The molecule has 14 heavy (non-hydrogen) atoms. The summed E-state index contributed by atoms with van der Waals surface area (Å²) in [5.41, 5.74) is 12.7. The van der Waals surface area contributed by atoms with Gasteiger partial charge in [0, 0.05) is 5.56 Å². The topological polar surface area (TPSA) is 52.0 Å². The van der Waals surface area contributed by atoms with E-state index in [2.05, 4.69) is 6.92 Å². The van der Waals surface area contributed by atoms with E-state index in [0.29, 0.717) is 23.4 Å². The predicted octanol–water partition coefficient (Wildman–Crippen LogP) is 2.72. The van der Waals surface area contributed by atoms with Crippen molar-refractivity contribution < 1.29 is 4.39 Å². The van der Waals surface area contributed by atoms with Gasteiger partial charge in [0.05, 0.1) is 11.4 Å². The Morgan fingerprint density at radius 1 is 1.21 bits per heavy atom. The fourth-order valence-corrected chi connectivity index (χ4v) is 1.46. The van der Waals surface area contributed by atoms with Gasteiger partial charge in [0.1, 0.15) is 5.82 Å². The van der Waals surface area contributed by atoms with Crippen molar-refractivity contribution in [1.82, 2.24) is 0 Å². The molecule has 1 aromatic rings. The van der Waals surface area contributed by atoms with Crippen LogP contribution in [-0.2, 0) is 6.42 Å². The molecule has 0 heterocycles. The van der Waals surface area contributed by atoms with Crippen LogP contribution in [-0.4, -0.2) is 0 Å². The zero-order valence-corrected chi connectivity index (χ0v) is 8.52. The highest BCUT2D eigenvalue weighted by atomic mass is 19.1. The zero-order valence-electron chi connectivity index (χ0n) is 8.52. The SMILES string of the molecule is CCCCCc1c(F)ccc(N)c1N. The van der Waals surface area contributed by atoms with Crippen LogP contribution in [0.25, 0.3) is 0 Å². The van der Waals surface area contributed by atoms with Crippen molar-refractivity contribution in [2.24, 2.45) is 0 Å². The van der Waals surface area contributed by atoms with Crippen LogP contribution in [0.2, 0.25) is 0 Å². The highest BCUT2D eigenvalue weighted by Gasteiger charge is 2.08. The van der Waals surface area contributed by atoms with Crippen molar-refractivity contribution >= 4 is 11.4 Å². The summed E-state index contributed by atoms with van der Waals surface area (Å²) in [6.45, 7) is 2.11. The number of halogens is 1. The first kappa shape index (κ1) is 10.8. The maximum atomic E-state index is 13.3. The number of unbranched alkanes of at least 4 members (excludes halogenated alkanes) is 2. The molecule has 4 N–H and O–H groups in total. The molecule has 0 aliphatic carbocycles. The number of anilines is 2. The third-order valence-corrected chi connectivity index (χ3v) is 2.36. The van der Waals surface area contributed by atoms with Crippen LogP contribution in [0.15, 0.2) is 12.1 Å². The molecule has 0 unspecified atom stereocenters. The summed E-state index contributed by atoms with van der Waals surface area (Å²) in [5, 5.41) is 0. The molecule has 1 rings (SSSR count). The number of nitrogen functional groups attached to an aromatic ring is 2. The average molecular weight is 196 g/mol. The van der Waals surface area contributed by atoms with Crippen LogP contribution in [0.3, 0.4) is 0 Å². The molecular weight excluding hydrogens is 179 g/mol. The number of rotatable bonds is 4. The standard InChI is InChI=1S/C11H17FN2/c1-2-3-4-5-8-9(12)6-7-10(13)11(8)14/h6-7H,2-5,13-14H2,1H3. The van der Waals surface area contributed by atoms with Gasteiger partial charge in [-0.25, -0.2) is 4.39 Å². The first-order valence-corrected chi connectivity index (χ1v) is 4.99. The smallest absolute Gasteiger partial charge is 0.128 e. The van der Waals surface area contributed by atoms with E-state index in [0.717, 1.165) is 19.3 Å². The minimum Gasteiger partial charge on any atom is -0.397 e. The summed E-state index contributed by atoms with van der Waals surface area (Å²) < 4.78 is 13.3. The van der Waals surface area contributed by atoms with Crippen molar-refractivity contribution in [3.05, 3.63) is 23.5 Å². The maximum Gasteiger partial charge on any atom is 0.128 e. The Hall–Kier alpha value is -1.25. The Labute approximate surface area is 84.1 Å². The lowest BCUT2D eigenvalue weighted by Gasteiger charge is -2.08. The van der Waals surface area contributed by atoms with E-state index in [1.807, 2.05) is 0 Å². The molecular formula is C11H17FN2. The lowest BCUT2D eigenvalue weighted by atomic mass is 10.0. The second-order valence-electron chi connectivity index (χ2n) is 3.49. The van der Waals surface area contributed by atoms with E-state index >= 15 is 0 Å². The number of hydrogen-bond donors (Lipinski definition) is 2. The van der Waals surface area contributed by atoms with Gasteiger partial charge in [-0.3, -0.25) is 0 Å². The summed E-state index contributed by atoms with van der Waals surface area (Å²) in [4.78, 5) is 0. The quantitative estimate of drug-likeness (QED) is 0.574. The highest BCUT2D eigenvalue weighted by molar-refractivity contribution is 5.67. The van der Waals surface area contributed by atoms with Crippen molar-refractivity contribution in [2.45, 2.75) is 32.6 Å². The second-order valence-corrected chi connectivity index (χ2v) is 3.49. The molecule has 0 saturated heterocycles. The van der Waals surface area contributed by atoms with E-state index in [1.165, 1.54) is 12.1 Å². The fourth-order valence-electron chi connectivity index (χ4n) is 1.46. The first-order chi connectivity index (χ1) is 6.66. The molecule has 0 aliphatic rings. The molecule has 0 fully saturated rings. The van der Waals surface area contributed by atoms with E-state index in [-0.39, 0.29) is 5.82 Å². The highest BCUT2D eigenvalue weighted by Crippen LogP contribution is 2.24. The Morgan fingerprint density at radius 2 is 1.93 bits per heavy atom. The van der Waals surface area contributed by atoms with Gasteiger partial charge in [-0.1, -0.05) is 19.8 Å². The summed E-state index contributed by atoms with van der Waals surface area (Å²) >= 11 is 0. The van der Waals surface area contributed by atoms with Gasteiger partial charge in [0.15, 0.2) is 0 Å². The molecule has 0 spiro atoms. The number of hydrogen-bond acceptors (Lipinski definition) is 2. The van der Waals surface area contributed by atoms with Gasteiger partial charge in [-0.2, -0.15) is 0 Å². The van der Waals surface area contributed by atoms with E-state index in [1.54, 1.807) is 0 Å². The summed E-state index contributed by atoms with van der Waals surface area (Å²) in [6.07, 6.45) is 3.84. The summed E-state index contributed by atoms with van der Waals surface area (Å²) in [5.74, 6) is -0.243. The predicted molar refractivity (Wildman–Crippen MR) is 58.5 cm³/mol. The van der Waals surface area contributed by atoms with Gasteiger partial charge in [0.25, 0.3) is 0 Å². The Bertz CT molecular complexity index is 310. The third kappa shape index (κ3) is 2.37. The van der Waals surface area contributed by atoms with Crippen molar-refractivity contribution in [3.63, 3.8) is 0 Å². The van der Waals surface area contributed by atoms with Crippen LogP contribution in [0.5, 0.6) is 0 Å². The molecule has 3 heteroatoms. The van der Waals surface area contributed by atoms with E-state index < -0.39 is 0 Å². The molecule has 0 radical (unpaired) electrons. The molecule has 0 bridgehead atoms. The number of benzene rings is 1. The van der Waals surface area contributed by atoms with Crippen LogP contribution < -0.4 is 11.5 Å². The molecule has 0 saturated carbocycles. The maximum absolute atomic E-state index is 13.3.